The van der Waals surface area contributed by atoms with Gasteiger partial charge in [0.15, 0.2) is 0 Å². The minimum atomic E-state index is 0.509. The van der Waals surface area contributed by atoms with Gasteiger partial charge in [0.2, 0.25) is 0 Å². The Labute approximate surface area is 113 Å². The molecule has 1 aromatic carbocycles. The first-order valence-corrected chi connectivity index (χ1v) is 6.75. The Hall–Kier alpha value is -1.81. The summed E-state index contributed by atoms with van der Waals surface area (Å²) in [7, 11) is 2.02. The van der Waals surface area contributed by atoms with Crippen LogP contribution >= 0.6 is 0 Å². The van der Waals surface area contributed by atoms with Crippen molar-refractivity contribution < 1.29 is 4.74 Å². The Kier molecular flexibility index (Phi) is 3.51. The standard InChI is InChI=1S/C15H19N3O/c1-16-15-5-2-12-10-13(3-4-14(12)15)19-9-8-18-7-6-17-11-18/h3-4,6-7,10-11,15-16H,2,5,8-9H2,1H3. The number of fused-ring (bicyclic) bond motifs is 1. The third kappa shape index (κ3) is 2.63. The summed E-state index contributed by atoms with van der Waals surface area (Å²) in [5.41, 5.74) is 2.84. The number of hydrogen-bond donors (Lipinski definition) is 1. The van der Waals surface area contributed by atoms with Crippen LogP contribution in [0.5, 0.6) is 5.75 Å². The van der Waals surface area contributed by atoms with E-state index in [2.05, 4.69) is 28.5 Å². The van der Waals surface area contributed by atoms with Crippen LogP contribution in [0.1, 0.15) is 23.6 Å². The highest BCUT2D eigenvalue weighted by Gasteiger charge is 2.20. The smallest absolute Gasteiger partial charge is 0.119 e. The van der Waals surface area contributed by atoms with Gasteiger partial charge in [-0.3, -0.25) is 0 Å². The number of ether oxygens (including phenoxy) is 1. The van der Waals surface area contributed by atoms with Crippen LogP contribution in [0.15, 0.2) is 36.9 Å². The number of nitrogens with zero attached hydrogens (tertiary/aromatic N) is 2. The summed E-state index contributed by atoms with van der Waals surface area (Å²) in [4.78, 5) is 4.01. The fraction of sp³-hybridized carbons (Fsp3) is 0.400. The number of hydrogen-bond acceptors (Lipinski definition) is 3. The molecule has 3 rings (SSSR count). The summed E-state index contributed by atoms with van der Waals surface area (Å²) in [6.07, 6.45) is 7.87. The lowest BCUT2D eigenvalue weighted by molar-refractivity contribution is 0.298. The Morgan fingerprint density at radius 2 is 2.42 bits per heavy atom. The molecule has 19 heavy (non-hydrogen) atoms. The number of rotatable bonds is 5. The van der Waals surface area contributed by atoms with Crippen LogP contribution in [0.25, 0.3) is 0 Å². The number of imidazole rings is 1. The fourth-order valence-electron chi connectivity index (χ4n) is 2.67. The monoisotopic (exact) mass is 257 g/mol. The van der Waals surface area contributed by atoms with Crippen LogP contribution < -0.4 is 10.1 Å². The fourth-order valence-corrected chi connectivity index (χ4v) is 2.67. The van der Waals surface area contributed by atoms with Crippen LogP contribution in [-0.2, 0) is 13.0 Å². The van der Waals surface area contributed by atoms with E-state index in [1.165, 1.54) is 17.5 Å². The zero-order chi connectivity index (χ0) is 13.1. The average molecular weight is 257 g/mol. The first-order valence-electron chi connectivity index (χ1n) is 6.75. The molecule has 0 aliphatic heterocycles. The molecule has 1 aromatic heterocycles. The van der Waals surface area contributed by atoms with E-state index in [9.17, 15) is 0 Å². The molecule has 1 aliphatic carbocycles. The van der Waals surface area contributed by atoms with E-state index in [1.807, 2.05) is 24.1 Å². The van der Waals surface area contributed by atoms with E-state index in [0.29, 0.717) is 12.6 Å². The number of benzene rings is 1. The minimum Gasteiger partial charge on any atom is -0.492 e. The lowest BCUT2D eigenvalue weighted by atomic mass is 10.1. The van der Waals surface area contributed by atoms with E-state index >= 15 is 0 Å². The summed E-state index contributed by atoms with van der Waals surface area (Å²) < 4.78 is 7.82. The normalized spacial score (nSPS) is 17.4. The van der Waals surface area contributed by atoms with Gasteiger partial charge in [0, 0.05) is 18.4 Å². The van der Waals surface area contributed by atoms with E-state index in [4.69, 9.17) is 4.74 Å². The maximum absolute atomic E-state index is 5.80. The Morgan fingerprint density at radius 3 is 3.21 bits per heavy atom. The van der Waals surface area contributed by atoms with Crippen molar-refractivity contribution in [1.82, 2.24) is 14.9 Å². The van der Waals surface area contributed by atoms with E-state index in [1.54, 1.807) is 6.20 Å². The van der Waals surface area contributed by atoms with Crippen molar-refractivity contribution in [2.24, 2.45) is 0 Å². The second kappa shape index (κ2) is 5.45. The lowest BCUT2D eigenvalue weighted by Gasteiger charge is -2.11. The Bertz CT molecular complexity index is 536. The highest BCUT2D eigenvalue weighted by Crippen LogP contribution is 2.33. The van der Waals surface area contributed by atoms with Crippen LogP contribution in [0, 0.1) is 0 Å². The molecule has 1 aliphatic rings. The van der Waals surface area contributed by atoms with Gasteiger partial charge in [-0.25, -0.2) is 4.98 Å². The van der Waals surface area contributed by atoms with Gasteiger partial charge in [-0.05, 0) is 43.1 Å². The summed E-state index contributed by atoms with van der Waals surface area (Å²) in [6.45, 7) is 1.50. The third-order valence-electron chi connectivity index (χ3n) is 3.72. The first kappa shape index (κ1) is 12.2. The van der Waals surface area contributed by atoms with Gasteiger partial charge in [-0.15, -0.1) is 0 Å². The number of aromatic nitrogens is 2. The predicted molar refractivity (Wildman–Crippen MR) is 74.3 cm³/mol. The molecule has 100 valence electrons. The molecule has 1 N–H and O–H groups in total. The van der Waals surface area contributed by atoms with Crippen LogP contribution in [0.4, 0.5) is 0 Å². The summed E-state index contributed by atoms with van der Waals surface area (Å²) in [5, 5.41) is 3.35. The van der Waals surface area contributed by atoms with Crippen LogP contribution in [-0.4, -0.2) is 23.2 Å². The topological polar surface area (TPSA) is 39.1 Å². The van der Waals surface area contributed by atoms with Crippen molar-refractivity contribution >= 4 is 0 Å². The molecule has 0 bridgehead atoms. The van der Waals surface area contributed by atoms with Gasteiger partial charge in [0.05, 0.1) is 12.9 Å². The molecule has 0 spiro atoms. The molecule has 0 radical (unpaired) electrons. The Morgan fingerprint density at radius 1 is 1.47 bits per heavy atom. The molecule has 0 saturated carbocycles. The van der Waals surface area contributed by atoms with Gasteiger partial charge in [-0.1, -0.05) is 6.07 Å². The van der Waals surface area contributed by atoms with E-state index in [-0.39, 0.29) is 0 Å². The molecule has 0 saturated heterocycles. The highest BCUT2D eigenvalue weighted by molar-refractivity contribution is 5.40. The molecule has 1 heterocycles. The van der Waals surface area contributed by atoms with E-state index in [0.717, 1.165) is 18.7 Å². The molecule has 0 fully saturated rings. The van der Waals surface area contributed by atoms with Gasteiger partial charge >= 0.3 is 0 Å². The molecule has 4 nitrogen and oxygen atoms in total. The minimum absolute atomic E-state index is 0.509. The average Bonchev–Trinajstić information content (AvgIpc) is 3.07. The van der Waals surface area contributed by atoms with Crippen molar-refractivity contribution in [3.8, 4) is 5.75 Å². The highest BCUT2D eigenvalue weighted by atomic mass is 16.5. The number of nitrogens with one attached hydrogen (secondary N) is 1. The van der Waals surface area contributed by atoms with Crippen molar-refractivity contribution in [2.75, 3.05) is 13.7 Å². The van der Waals surface area contributed by atoms with Gasteiger partial charge in [0.1, 0.15) is 12.4 Å². The van der Waals surface area contributed by atoms with Crippen LogP contribution in [0.2, 0.25) is 0 Å². The van der Waals surface area contributed by atoms with Crippen molar-refractivity contribution in [3.63, 3.8) is 0 Å². The summed E-state index contributed by atoms with van der Waals surface area (Å²) in [5.74, 6) is 0.968. The zero-order valence-corrected chi connectivity index (χ0v) is 11.2. The molecule has 1 unspecified atom stereocenters. The maximum Gasteiger partial charge on any atom is 0.119 e. The largest absolute Gasteiger partial charge is 0.492 e. The SMILES string of the molecule is CNC1CCc2cc(OCCn3ccnc3)ccc21. The van der Waals surface area contributed by atoms with Crippen molar-refractivity contribution in [3.05, 3.63) is 48.0 Å². The molecule has 1 atom stereocenters. The van der Waals surface area contributed by atoms with E-state index < -0.39 is 0 Å². The molecule has 4 heteroatoms. The molecular formula is C15H19N3O. The van der Waals surface area contributed by atoms with Crippen molar-refractivity contribution in [2.45, 2.75) is 25.4 Å². The summed E-state index contributed by atoms with van der Waals surface area (Å²) >= 11 is 0. The molecular weight excluding hydrogens is 238 g/mol. The predicted octanol–water partition coefficient (Wildman–Crippen LogP) is 2.17. The maximum atomic E-state index is 5.80. The van der Waals surface area contributed by atoms with Gasteiger partial charge in [-0.2, -0.15) is 0 Å². The lowest BCUT2D eigenvalue weighted by Crippen LogP contribution is -2.12. The van der Waals surface area contributed by atoms with Crippen molar-refractivity contribution in [1.29, 1.82) is 0 Å². The second-order valence-electron chi connectivity index (χ2n) is 4.89. The second-order valence-corrected chi connectivity index (χ2v) is 4.89. The number of aryl methyl sites for hydroxylation is 1. The van der Waals surface area contributed by atoms with Crippen LogP contribution in [0.3, 0.4) is 0 Å². The zero-order valence-electron chi connectivity index (χ0n) is 11.2. The first-order chi connectivity index (χ1) is 9.36. The van der Waals surface area contributed by atoms with Gasteiger partial charge in [0.25, 0.3) is 0 Å². The Balaban J connectivity index is 1.60. The quantitative estimate of drug-likeness (QED) is 0.892. The van der Waals surface area contributed by atoms with Gasteiger partial charge < -0.3 is 14.6 Å². The summed E-state index contributed by atoms with van der Waals surface area (Å²) in [6, 6.07) is 6.95. The molecule has 2 aromatic rings. The third-order valence-corrected chi connectivity index (χ3v) is 3.72. The molecule has 0 amide bonds.